The molecule has 0 unspecified atom stereocenters. The molecule has 0 aromatic heterocycles. The highest BCUT2D eigenvalue weighted by Gasteiger charge is 2.23. The zero-order chi connectivity index (χ0) is 18.4. The molecule has 1 aromatic carbocycles. The van der Waals surface area contributed by atoms with Gasteiger partial charge in [-0.05, 0) is 30.5 Å². The van der Waals surface area contributed by atoms with Crippen molar-refractivity contribution >= 4 is 11.8 Å². The van der Waals surface area contributed by atoms with Crippen molar-refractivity contribution in [2.75, 3.05) is 6.54 Å². The summed E-state index contributed by atoms with van der Waals surface area (Å²) >= 11 is 0. The van der Waals surface area contributed by atoms with Crippen LogP contribution >= 0.6 is 0 Å². The first-order chi connectivity index (χ1) is 11.1. The summed E-state index contributed by atoms with van der Waals surface area (Å²) in [5, 5.41) is 15.8. The summed E-state index contributed by atoms with van der Waals surface area (Å²) in [6.45, 7) is 10.1. The number of amides is 2. The van der Waals surface area contributed by atoms with Crippen LogP contribution in [0.4, 0.5) is 0 Å². The first-order valence-electron chi connectivity index (χ1n) is 8.49. The highest BCUT2D eigenvalue weighted by atomic mass is 16.3. The number of hydrogen-bond acceptors (Lipinski definition) is 3. The van der Waals surface area contributed by atoms with Gasteiger partial charge in [0.05, 0.1) is 5.60 Å². The SMILES string of the molecule is CCC(O)(CC)CNC(=O)c1ccc(CNC(=O)C(C)(C)C)cc1. The number of benzene rings is 1. The lowest BCUT2D eigenvalue weighted by Crippen LogP contribution is -2.42. The number of rotatable bonds is 7. The Hall–Kier alpha value is -1.88. The molecule has 0 aliphatic rings. The average molecular weight is 334 g/mol. The summed E-state index contributed by atoms with van der Waals surface area (Å²) in [6, 6.07) is 7.10. The molecule has 0 saturated heterocycles. The Morgan fingerprint density at radius 1 is 1.00 bits per heavy atom. The Kier molecular flexibility index (Phi) is 6.96. The van der Waals surface area contributed by atoms with Crippen LogP contribution in [0.5, 0.6) is 0 Å². The maximum absolute atomic E-state index is 12.1. The summed E-state index contributed by atoms with van der Waals surface area (Å²) in [7, 11) is 0. The lowest BCUT2D eigenvalue weighted by atomic mass is 9.95. The van der Waals surface area contributed by atoms with Crippen molar-refractivity contribution in [2.45, 2.75) is 59.6 Å². The smallest absolute Gasteiger partial charge is 0.251 e. The summed E-state index contributed by atoms with van der Waals surface area (Å²) in [4.78, 5) is 24.0. The molecule has 0 spiro atoms. The van der Waals surface area contributed by atoms with E-state index >= 15 is 0 Å². The summed E-state index contributed by atoms with van der Waals surface area (Å²) in [5.74, 6) is -0.219. The molecule has 0 bridgehead atoms. The molecule has 0 aliphatic carbocycles. The molecule has 5 heteroatoms. The minimum Gasteiger partial charge on any atom is -0.388 e. The van der Waals surface area contributed by atoms with Crippen molar-refractivity contribution in [2.24, 2.45) is 5.41 Å². The highest BCUT2D eigenvalue weighted by Crippen LogP contribution is 2.14. The molecular formula is C19H30N2O3. The van der Waals surface area contributed by atoms with E-state index in [2.05, 4.69) is 10.6 Å². The average Bonchev–Trinajstić information content (AvgIpc) is 2.56. The molecule has 134 valence electrons. The first-order valence-corrected chi connectivity index (χ1v) is 8.49. The van der Waals surface area contributed by atoms with E-state index in [1.54, 1.807) is 12.1 Å². The Labute approximate surface area is 144 Å². The molecule has 0 radical (unpaired) electrons. The predicted octanol–water partition coefficient (Wildman–Crippen LogP) is 2.63. The molecular weight excluding hydrogens is 304 g/mol. The van der Waals surface area contributed by atoms with Crippen molar-refractivity contribution in [1.29, 1.82) is 0 Å². The van der Waals surface area contributed by atoms with E-state index in [4.69, 9.17) is 0 Å². The van der Waals surface area contributed by atoms with Gasteiger partial charge in [0.2, 0.25) is 5.91 Å². The topological polar surface area (TPSA) is 78.4 Å². The molecule has 24 heavy (non-hydrogen) atoms. The molecule has 0 aliphatic heterocycles. The number of aliphatic hydroxyl groups is 1. The van der Waals surface area contributed by atoms with Crippen molar-refractivity contribution in [3.8, 4) is 0 Å². The van der Waals surface area contributed by atoms with Crippen LogP contribution in [-0.2, 0) is 11.3 Å². The molecule has 1 aromatic rings. The van der Waals surface area contributed by atoms with Crippen LogP contribution in [0.1, 0.15) is 63.4 Å². The molecule has 0 fully saturated rings. The van der Waals surface area contributed by atoms with Crippen molar-refractivity contribution in [3.63, 3.8) is 0 Å². The van der Waals surface area contributed by atoms with Gasteiger partial charge >= 0.3 is 0 Å². The third kappa shape index (κ3) is 5.96. The number of carbonyl (C=O) groups is 2. The maximum Gasteiger partial charge on any atom is 0.251 e. The highest BCUT2D eigenvalue weighted by molar-refractivity contribution is 5.94. The zero-order valence-electron chi connectivity index (χ0n) is 15.4. The van der Waals surface area contributed by atoms with Crippen LogP contribution in [-0.4, -0.2) is 29.1 Å². The van der Waals surface area contributed by atoms with E-state index in [1.807, 2.05) is 46.8 Å². The minimum absolute atomic E-state index is 0.0114. The van der Waals surface area contributed by atoms with Gasteiger partial charge in [-0.15, -0.1) is 0 Å². The standard InChI is InChI=1S/C19H30N2O3/c1-6-19(24,7-2)13-21-16(22)15-10-8-14(9-11-15)12-20-17(23)18(3,4)5/h8-11,24H,6-7,12-13H2,1-5H3,(H,20,23)(H,21,22). The largest absolute Gasteiger partial charge is 0.388 e. The van der Waals surface area contributed by atoms with Gasteiger partial charge in [-0.2, -0.15) is 0 Å². The van der Waals surface area contributed by atoms with Gasteiger partial charge in [0.25, 0.3) is 5.91 Å². The van der Waals surface area contributed by atoms with E-state index in [9.17, 15) is 14.7 Å². The maximum atomic E-state index is 12.1. The molecule has 3 N–H and O–H groups in total. The predicted molar refractivity (Wildman–Crippen MR) is 95.6 cm³/mol. The van der Waals surface area contributed by atoms with Crippen molar-refractivity contribution in [3.05, 3.63) is 35.4 Å². The fourth-order valence-corrected chi connectivity index (χ4v) is 2.07. The third-order valence-corrected chi connectivity index (χ3v) is 4.24. The molecule has 2 amide bonds. The van der Waals surface area contributed by atoms with Crippen LogP contribution in [0.25, 0.3) is 0 Å². The second-order valence-electron chi connectivity index (χ2n) is 7.24. The van der Waals surface area contributed by atoms with E-state index < -0.39 is 11.0 Å². The molecule has 1 rings (SSSR count). The second kappa shape index (κ2) is 8.29. The Morgan fingerprint density at radius 2 is 1.54 bits per heavy atom. The Balaban J connectivity index is 2.58. The summed E-state index contributed by atoms with van der Waals surface area (Å²) in [6.07, 6.45) is 1.19. The molecule has 0 heterocycles. The first kappa shape index (κ1) is 20.2. The van der Waals surface area contributed by atoms with Gasteiger partial charge in [0.1, 0.15) is 0 Å². The summed E-state index contributed by atoms with van der Waals surface area (Å²) < 4.78 is 0. The van der Waals surface area contributed by atoms with Crippen molar-refractivity contribution in [1.82, 2.24) is 10.6 Å². The fraction of sp³-hybridized carbons (Fsp3) is 0.579. The van der Waals surface area contributed by atoms with E-state index in [0.29, 0.717) is 24.9 Å². The number of carbonyl (C=O) groups excluding carboxylic acids is 2. The van der Waals surface area contributed by atoms with Gasteiger partial charge in [-0.3, -0.25) is 9.59 Å². The quantitative estimate of drug-likeness (QED) is 0.717. The Morgan fingerprint density at radius 3 is 2.00 bits per heavy atom. The van der Waals surface area contributed by atoms with Gasteiger partial charge < -0.3 is 15.7 Å². The monoisotopic (exact) mass is 334 g/mol. The van der Waals surface area contributed by atoms with Gasteiger partial charge in [-0.25, -0.2) is 0 Å². The van der Waals surface area contributed by atoms with Crippen molar-refractivity contribution < 1.29 is 14.7 Å². The van der Waals surface area contributed by atoms with E-state index in [0.717, 1.165) is 5.56 Å². The van der Waals surface area contributed by atoms with Crippen LogP contribution in [0.2, 0.25) is 0 Å². The van der Waals surface area contributed by atoms with Crippen LogP contribution < -0.4 is 10.6 Å². The number of nitrogens with one attached hydrogen (secondary N) is 2. The van der Waals surface area contributed by atoms with E-state index in [-0.39, 0.29) is 18.4 Å². The van der Waals surface area contributed by atoms with Crippen LogP contribution in [0.15, 0.2) is 24.3 Å². The van der Waals surface area contributed by atoms with Gasteiger partial charge in [-0.1, -0.05) is 46.8 Å². The van der Waals surface area contributed by atoms with Crippen LogP contribution in [0, 0.1) is 5.41 Å². The van der Waals surface area contributed by atoms with Gasteiger partial charge in [0, 0.05) is 24.1 Å². The van der Waals surface area contributed by atoms with Crippen LogP contribution in [0.3, 0.4) is 0 Å². The van der Waals surface area contributed by atoms with Gasteiger partial charge in [0.15, 0.2) is 0 Å². The summed E-state index contributed by atoms with van der Waals surface area (Å²) in [5.41, 5.74) is 0.195. The van der Waals surface area contributed by atoms with E-state index in [1.165, 1.54) is 0 Å². The zero-order valence-corrected chi connectivity index (χ0v) is 15.4. The third-order valence-electron chi connectivity index (χ3n) is 4.24. The molecule has 0 atom stereocenters. The lowest BCUT2D eigenvalue weighted by Gasteiger charge is -2.25. The normalized spacial score (nSPS) is 11.9. The molecule has 5 nitrogen and oxygen atoms in total. The second-order valence-corrected chi connectivity index (χ2v) is 7.24. The number of hydrogen-bond donors (Lipinski definition) is 3. The Bertz CT molecular complexity index is 555. The fourth-order valence-electron chi connectivity index (χ4n) is 2.07. The molecule has 0 saturated carbocycles. The minimum atomic E-state index is -0.854. The lowest BCUT2D eigenvalue weighted by molar-refractivity contribution is -0.128.